The zero-order chi connectivity index (χ0) is 10.3. The lowest BCUT2D eigenvalue weighted by molar-refractivity contribution is -0.119. The summed E-state index contributed by atoms with van der Waals surface area (Å²) in [5.74, 6) is -1.25. The van der Waals surface area contributed by atoms with Crippen molar-refractivity contribution in [2.24, 2.45) is 0 Å². The van der Waals surface area contributed by atoms with Crippen LogP contribution in [0.4, 0.5) is 5.82 Å². The van der Waals surface area contributed by atoms with Gasteiger partial charge in [-0.1, -0.05) is 0 Å². The van der Waals surface area contributed by atoms with Crippen LogP contribution in [0, 0.1) is 0 Å². The van der Waals surface area contributed by atoms with E-state index < -0.39 is 17.5 Å². The number of hydrogen-bond acceptors (Lipinski definition) is 5. The number of H-pyrrole nitrogens is 1. The summed E-state index contributed by atoms with van der Waals surface area (Å²) in [6.07, 6.45) is -0.0664. The van der Waals surface area contributed by atoms with Gasteiger partial charge in [0.1, 0.15) is 11.4 Å². The number of nitrogens with one attached hydrogen (secondary N) is 2. The predicted molar refractivity (Wildman–Crippen MR) is 45.4 cm³/mol. The Morgan fingerprint density at radius 3 is 2.71 bits per heavy atom. The Morgan fingerprint density at radius 1 is 1.29 bits per heavy atom. The molecule has 0 bridgehead atoms. The second-order valence-electron chi connectivity index (χ2n) is 2.83. The molecule has 1 aromatic heterocycles. The van der Waals surface area contributed by atoms with Crippen molar-refractivity contribution in [2.75, 3.05) is 5.73 Å². The number of amides is 2. The first-order chi connectivity index (χ1) is 6.58. The maximum absolute atomic E-state index is 11.3. The van der Waals surface area contributed by atoms with Gasteiger partial charge in [-0.15, -0.1) is 0 Å². The Bertz CT molecular complexity index is 490. The van der Waals surface area contributed by atoms with Crippen molar-refractivity contribution in [3.63, 3.8) is 0 Å². The van der Waals surface area contributed by atoms with Gasteiger partial charge in [-0.25, -0.2) is 4.79 Å². The molecule has 0 aromatic carbocycles. The molecule has 2 amide bonds. The quantitative estimate of drug-likeness (QED) is 0.419. The highest BCUT2D eigenvalue weighted by Crippen LogP contribution is 2.14. The van der Waals surface area contributed by atoms with E-state index in [-0.39, 0.29) is 23.5 Å². The van der Waals surface area contributed by atoms with Crippen LogP contribution in [0.2, 0.25) is 0 Å². The molecule has 0 unspecified atom stereocenters. The van der Waals surface area contributed by atoms with Crippen LogP contribution in [0.3, 0.4) is 0 Å². The number of carbonyl (C=O) groups is 2. The minimum Gasteiger partial charge on any atom is -0.383 e. The molecule has 2 heterocycles. The topological polar surface area (TPSA) is 118 Å². The van der Waals surface area contributed by atoms with Crippen LogP contribution in [0.1, 0.15) is 16.1 Å². The molecule has 4 N–H and O–H groups in total. The van der Waals surface area contributed by atoms with Crippen LogP contribution in [0.5, 0.6) is 0 Å². The summed E-state index contributed by atoms with van der Waals surface area (Å²) < 4.78 is 0. The van der Waals surface area contributed by atoms with E-state index in [1.807, 2.05) is 0 Å². The van der Waals surface area contributed by atoms with E-state index in [4.69, 9.17) is 5.73 Å². The third-order valence-corrected chi connectivity index (χ3v) is 1.86. The van der Waals surface area contributed by atoms with Crippen molar-refractivity contribution in [2.45, 2.75) is 6.42 Å². The number of nitrogens with zero attached hydrogens (tertiary/aromatic N) is 1. The van der Waals surface area contributed by atoms with Crippen molar-refractivity contribution >= 4 is 17.6 Å². The van der Waals surface area contributed by atoms with E-state index in [1.54, 1.807) is 0 Å². The molecular formula is C7H6N4O3. The van der Waals surface area contributed by atoms with Crippen molar-refractivity contribution in [3.8, 4) is 0 Å². The van der Waals surface area contributed by atoms with Crippen LogP contribution in [-0.4, -0.2) is 21.8 Å². The maximum atomic E-state index is 11.3. The largest absolute Gasteiger partial charge is 0.383 e. The van der Waals surface area contributed by atoms with E-state index in [1.165, 1.54) is 0 Å². The smallest absolute Gasteiger partial charge is 0.347 e. The first-order valence-electron chi connectivity index (χ1n) is 3.81. The molecule has 0 saturated carbocycles. The fourth-order valence-corrected chi connectivity index (χ4v) is 1.32. The molecule has 72 valence electrons. The fraction of sp³-hybridized carbons (Fsp3) is 0.143. The van der Waals surface area contributed by atoms with Crippen molar-refractivity contribution in [3.05, 3.63) is 21.7 Å². The first kappa shape index (κ1) is 8.42. The van der Waals surface area contributed by atoms with Crippen LogP contribution < -0.4 is 16.7 Å². The molecule has 7 heteroatoms. The van der Waals surface area contributed by atoms with Gasteiger partial charge in [0.05, 0.1) is 6.42 Å². The third-order valence-electron chi connectivity index (χ3n) is 1.86. The number of nitrogen functional groups attached to an aromatic ring is 1. The van der Waals surface area contributed by atoms with Gasteiger partial charge >= 0.3 is 5.69 Å². The average Bonchev–Trinajstić information content (AvgIpc) is 1.99. The molecule has 0 saturated heterocycles. The van der Waals surface area contributed by atoms with Gasteiger partial charge in [-0.3, -0.25) is 14.9 Å². The molecule has 1 aromatic rings. The van der Waals surface area contributed by atoms with Crippen LogP contribution in [0.25, 0.3) is 0 Å². The van der Waals surface area contributed by atoms with Gasteiger partial charge in [0, 0.05) is 5.69 Å². The number of anilines is 1. The number of imide groups is 1. The van der Waals surface area contributed by atoms with Gasteiger partial charge in [0.15, 0.2) is 0 Å². The highest BCUT2D eigenvalue weighted by atomic mass is 16.2. The van der Waals surface area contributed by atoms with Crippen LogP contribution in [0.15, 0.2) is 4.79 Å². The Morgan fingerprint density at radius 2 is 2.00 bits per heavy atom. The van der Waals surface area contributed by atoms with E-state index in [9.17, 15) is 14.4 Å². The van der Waals surface area contributed by atoms with E-state index in [0.717, 1.165) is 0 Å². The number of aromatic nitrogens is 2. The first-order valence-corrected chi connectivity index (χ1v) is 3.81. The van der Waals surface area contributed by atoms with Crippen molar-refractivity contribution in [1.29, 1.82) is 0 Å². The summed E-state index contributed by atoms with van der Waals surface area (Å²) in [6, 6.07) is 0. The molecule has 0 spiro atoms. The summed E-state index contributed by atoms with van der Waals surface area (Å²) in [7, 11) is 0. The number of nitrogens with two attached hydrogens (primary N) is 1. The van der Waals surface area contributed by atoms with Gasteiger partial charge in [0.25, 0.3) is 5.91 Å². The summed E-state index contributed by atoms with van der Waals surface area (Å²) in [5.41, 5.74) is 5.00. The molecule has 14 heavy (non-hydrogen) atoms. The fourth-order valence-electron chi connectivity index (χ4n) is 1.32. The lowest BCUT2D eigenvalue weighted by Crippen LogP contribution is -2.40. The second kappa shape index (κ2) is 2.66. The molecule has 1 aliphatic rings. The summed E-state index contributed by atoms with van der Waals surface area (Å²) in [4.78, 5) is 38.7. The van der Waals surface area contributed by atoms with E-state index in [2.05, 4.69) is 15.3 Å². The molecule has 0 aliphatic carbocycles. The Hall–Kier alpha value is -2.18. The number of hydrogen-bond donors (Lipinski definition) is 3. The molecule has 2 rings (SSSR count). The molecule has 0 radical (unpaired) electrons. The summed E-state index contributed by atoms with van der Waals surface area (Å²) in [6.45, 7) is 0. The third kappa shape index (κ3) is 1.15. The number of rotatable bonds is 0. The average molecular weight is 194 g/mol. The lowest BCUT2D eigenvalue weighted by atomic mass is 10.1. The SMILES string of the molecule is Nc1nc(=O)[nH]c2c1C(=O)NC(=O)C2. The van der Waals surface area contributed by atoms with Crippen molar-refractivity contribution < 1.29 is 9.59 Å². The van der Waals surface area contributed by atoms with Crippen LogP contribution >= 0.6 is 0 Å². The molecule has 7 nitrogen and oxygen atoms in total. The van der Waals surface area contributed by atoms with Gasteiger partial charge in [-0.2, -0.15) is 4.98 Å². The van der Waals surface area contributed by atoms with Crippen LogP contribution in [-0.2, 0) is 11.2 Å². The van der Waals surface area contributed by atoms with Gasteiger partial charge in [0.2, 0.25) is 5.91 Å². The predicted octanol–water partition coefficient (Wildman–Crippen LogP) is -1.84. The Balaban J connectivity index is 2.70. The minimum absolute atomic E-state index is 0.0664. The maximum Gasteiger partial charge on any atom is 0.347 e. The summed E-state index contributed by atoms with van der Waals surface area (Å²) in [5, 5.41) is 2.08. The Labute approximate surface area is 77.3 Å². The second-order valence-corrected chi connectivity index (χ2v) is 2.83. The van der Waals surface area contributed by atoms with Gasteiger partial charge < -0.3 is 10.7 Å². The van der Waals surface area contributed by atoms with E-state index >= 15 is 0 Å². The number of aromatic amines is 1. The number of carbonyl (C=O) groups excluding carboxylic acids is 2. The lowest BCUT2D eigenvalue weighted by Gasteiger charge is -2.14. The molecule has 1 aliphatic heterocycles. The van der Waals surface area contributed by atoms with Crippen molar-refractivity contribution in [1.82, 2.24) is 15.3 Å². The zero-order valence-electron chi connectivity index (χ0n) is 6.96. The minimum atomic E-state index is -0.663. The Kier molecular flexibility index (Phi) is 1.60. The van der Waals surface area contributed by atoms with E-state index in [0.29, 0.717) is 0 Å². The number of fused-ring (bicyclic) bond motifs is 1. The zero-order valence-corrected chi connectivity index (χ0v) is 6.96. The molecule has 0 atom stereocenters. The standard InChI is InChI=1S/C7H6N4O3/c8-5-4-2(9-7(14)11-5)1-3(12)10-6(4)13/h1H2,(H,10,12,13)(H3,8,9,11,14). The molecular weight excluding hydrogens is 188 g/mol. The van der Waals surface area contributed by atoms with Gasteiger partial charge in [-0.05, 0) is 0 Å². The molecule has 0 fully saturated rings. The highest BCUT2D eigenvalue weighted by molar-refractivity contribution is 6.11. The monoisotopic (exact) mass is 194 g/mol. The summed E-state index contributed by atoms with van der Waals surface area (Å²) >= 11 is 0. The normalized spacial score (nSPS) is 14.9. The highest BCUT2D eigenvalue weighted by Gasteiger charge is 2.26.